The molecule has 0 amide bonds. The monoisotopic (exact) mass is 295 g/mol. The number of carbonyl (C=O) groups excluding carboxylic acids is 1. The smallest absolute Gasteiger partial charge is 0.203 e. The third-order valence-electron chi connectivity index (χ3n) is 3.01. The number of carbonyl (C=O) groups is 1. The summed E-state index contributed by atoms with van der Waals surface area (Å²) in [6.45, 7) is 4.55. The maximum atomic E-state index is 10.8. The predicted octanol–water partition coefficient (Wildman–Crippen LogP) is -0.967. The van der Waals surface area contributed by atoms with Gasteiger partial charge in [-0.15, -0.1) is 0 Å². The second kappa shape index (κ2) is 8.16. The van der Waals surface area contributed by atoms with Crippen molar-refractivity contribution < 1.29 is 29.0 Å². The molecule has 0 spiro atoms. The van der Waals surface area contributed by atoms with Gasteiger partial charge in [-0.05, 0) is 18.2 Å². The molecule has 0 radical (unpaired) electrons. The molecular weight excluding hydrogens is 274 g/mol. The molecular formula is C15H21NO5. The lowest BCUT2D eigenvalue weighted by molar-refractivity contribution is -0.902. The van der Waals surface area contributed by atoms with Crippen molar-refractivity contribution in [2.75, 3.05) is 34.4 Å². The second-order valence-corrected chi connectivity index (χ2v) is 4.50. The van der Waals surface area contributed by atoms with Gasteiger partial charge in [0.15, 0.2) is 11.5 Å². The van der Waals surface area contributed by atoms with Crippen molar-refractivity contribution in [3.05, 3.63) is 30.4 Å². The van der Waals surface area contributed by atoms with Crippen LogP contribution in [0.5, 0.6) is 17.2 Å². The van der Waals surface area contributed by atoms with Gasteiger partial charge in [-0.2, -0.15) is 0 Å². The third-order valence-corrected chi connectivity index (χ3v) is 3.01. The summed E-state index contributed by atoms with van der Waals surface area (Å²) >= 11 is 0. The average Bonchev–Trinajstić information content (AvgIpc) is 2.45. The SMILES string of the molecule is C=CC[NH+](CC(=O)[O-])Cc1cc(OC)c(OC)c(OC)c1. The first-order chi connectivity index (χ1) is 10.0. The molecule has 6 heteroatoms. The molecule has 6 nitrogen and oxygen atoms in total. The minimum atomic E-state index is -1.10. The van der Waals surface area contributed by atoms with Gasteiger partial charge in [-0.3, -0.25) is 0 Å². The lowest BCUT2D eigenvalue weighted by Crippen LogP contribution is -3.11. The minimum Gasteiger partial charge on any atom is -0.544 e. The fourth-order valence-electron chi connectivity index (χ4n) is 2.14. The highest BCUT2D eigenvalue weighted by atomic mass is 16.5. The van der Waals surface area contributed by atoms with Gasteiger partial charge in [0, 0.05) is 5.56 Å². The Hall–Kier alpha value is -2.21. The molecule has 0 saturated heterocycles. The number of carboxylic acid groups (broad SMARTS) is 1. The Labute approximate surface area is 124 Å². The van der Waals surface area contributed by atoms with E-state index in [4.69, 9.17) is 14.2 Å². The summed E-state index contributed by atoms with van der Waals surface area (Å²) in [4.78, 5) is 11.6. The van der Waals surface area contributed by atoms with E-state index < -0.39 is 5.97 Å². The molecule has 1 N–H and O–H groups in total. The quantitative estimate of drug-likeness (QED) is 0.594. The summed E-state index contributed by atoms with van der Waals surface area (Å²) < 4.78 is 15.8. The maximum Gasteiger partial charge on any atom is 0.203 e. The molecule has 1 aromatic rings. The van der Waals surface area contributed by atoms with Crippen molar-refractivity contribution in [3.8, 4) is 17.2 Å². The standard InChI is InChI=1S/C15H21NO5/c1-5-6-16(10-14(17)18)9-11-7-12(19-2)15(21-4)13(8-11)20-3/h5,7-8H,1,6,9-10H2,2-4H3,(H,17,18). The highest BCUT2D eigenvalue weighted by Crippen LogP contribution is 2.37. The van der Waals surface area contributed by atoms with Crippen LogP contribution in [0, 0.1) is 0 Å². The van der Waals surface area contributed by atoms with Crippen LogP contribution in [0.1, 0.15) is 5.56 Å². The van der Waals surface area contributed by atoms with Crippen LogP contribution in [0.25, 0.3) is 0 Å². The number of hydrogen-bond acceptors (Lipinski definition) is 5. The zero-order valence-electron chi connectivity index (χ0n) is 12.6. The number of carboxylic acids is 1. The average molecular weight is 295 g/mol. The van der Waals surface area contributed by atoms with Crippen LogP contribution in [0.4, 0.5) is 0 Å². The van der Waals surface area contributed by atoms with Gasteiger partial charge in [-0.1, -0.05) is 6.58 Å². The number of rotatable bonds is 9. The van der Waals surface area contributed by atoms with E-state index in [1.807, 2.05) is 0 Å². The summed E-state index contributed by atoms with van der Waals surface area (Å²) in [6, 6.07) is 3.61. The van der Waals surface area contributed by atoms with Gasteiger partial charge < -0.3 is 29.0 Å². The lowest BCUT2D eigenvalue weighted by atomic mass is 10.1. The van der Waals surface area contributed by atoms with Crippen LogP contribution in [-0.4, -0.2) is 40.4 Å². The van der Waals surface area contributed by atoms with Crippen LogP contribution in [0.15, 0.2) is 24.8 Å². The zero-order valence-corrected chi connectivity index (χ0v) is 12.6. The van der Waals surface area contributed by atoms with E-state index in [1.165, 1.54) is 21.3 Å². The van der Waals surface area contributed by atoms with E-state index in [-0.39, 0.29) is 6.54 Å². The van der Waals surface area contributed by atoms with Crippen LogP contribution in [-0.2, 0) is 11.3 Å². The Kier molecular flexibility index (Phi) is 6.55. The Morgan fingerprint density at radius 2 is 1.81 bits per heavy atom. The van der Waals surface area contributed by atoms with E-state index in [0.29, 0.717) is 30.3 Å². The van der Waals surface area contributed by atoms with Gasteiger partial charge in [-0.25, -0.2) is 0 Å². The van der Waals surface area contributed by atoms with Gasteiger partial charge in [0.1, 0.15) is 13.1 Å². The molecule has 1 rings (SSSR count). The van der Waals surface area contributed by atoms with Gasteiger partial charge >= 0.3 is 0 Å². The van der Waals surface area contributed by atoms with E-state index in [9.17, 15) is 9.90 Å². The number of hydrogen-bond donors (Lipinski definition) is 1. The van der Waals surface area contributed by atoms with Crippen molar-refractivity contribution in [1.29, 1.82) is 0 Å². The molecule has 0 aromatic heterocycles. The fourth-order valence-corrected chi connectivity index (χ4v) is 2.14. The molecule has 21 heavy (non-hydrogen) atoms. The highest BCUT2D eigenvalue weighted by Gasteiger charge is 2.16. The molecule has 1 aromatic carbocycles. The van der Waals surface area contributed by atoms with Crippen molar-refractivity contribution >= 4 is 5.97 Å². The lowest BCUT2D eigenvalue weighted by Gasteiger charge is -2.20. The Morgan fingerprint density at radius 3 is 2.19 bits per heavy atom. The van der Waals surface area contributed by atoms with Gasteiger partial charge in [0.2, 0.25) is 5.75 Å². The number of methoxy groups -OCH3 is 3. The Bertz CT molecular complexity index is 476. The third kappa shape index (κ3) is 4.68. The molecule has 1 unspecified atom stereocenters. The molecule has 0 bridgehead atoms. The van der Waals surface area contributed by atoms with Crippen molar-refractivity contribution in [3.63, 3.8) is 0 Å². The zero-order chi connectivity index (χ0) is 15.8. The van der Waals surface area contributed by atoms with Crippen LogP contribution in [0.2, 0.25) is 0 Å². The highest BCUT2D eigenvalue weighted by molar-refractivity contribution is 5.65. The topological polar surface area (TPSA) is 72.3 Å². The molecule has 0 aliphatic heterocycles. The Balaban J connectivity index is 3.05. The van der Waals surface area contributed by atoms with E-state index in [0.717, 1.165) is 10.5 Å². The van der Waals surface area contributed by atoms with E-state index in [1.54, 1.807) is 18.2 Å². The van der Waals surface area contributed by atoms with Crippen molar-refractivity contribution in [1.82, 2.24) is 0 Å². The molecule has 116 valence electrons. The first-order valence-corrected chi connectivity index (χ1v) is 6.48. The maximum absolute atomic E-state index is 10.8. The predicted molar refractivity (Wildman–Crippen MR) is 75.7 cm³/mol. The van der Waals surface area contributed by atoms with Crippen LogP contribution >= 0.6 is 0 Å². The molecule has 0 aliphatic carbocycles. The Morgan fingerprint density at radius 1 is 1.24 bits per heavy atom. The van der Waals surface area contributed by atoms with Crippen molar-refractivity contribution in [2.24, 2.45) is 0 Å². The summed E-state index contributed by atoms with van der Waals surface area (Å²) in [5.41, 5.74) is 0.877. The first kappa shape index (κ1) is 16.8. The molecule has 0 fully saturated rings. The summed E-state index contributed by atoms with van der Waals surface area (Å²) in [5.74, 6) is 0.490. The van der Waals surface area contributed by atoms with Crippen LogP contribution < -0.4 is 24.2 Å². The van der Waals surface area contributed by atoms with Gasteiger partial charge in [0.05, 0.1) is 33.8 Å². The summed E-state index contributed by atoms with van der Waals surface area (Å²) in [7, 11) is 4.61. The molecule has 0 saturated carbocycles. The minimum absolute atomic E-state index is 0.0946. The molecule has 0 aliphatic rings. The summed E-state index contributed by atoms with van der Waals surface area (Å²) in [6.07, 6.45) is 1.68. The van der Waals surface area contributed by atoms with Gasteiger partial charge in [0.25, 0.3) is 0 Å². The van der Waals surface area contributed by atoms with Crippen LogP contribution in [0.3, 0.4) is 0 Å². The second-order valence-electron chi connectivity index (χ2n) is 4.50. The number of benzene rings is 1. The first-order valence-electron chi connectivity index (χ1n) is 6.48. The number of aliphatic carboxylic acids is 1. The van der Waals surface area contributed by atoms with Crippen molar-refractivity contribution in [2.45, 2.75) is 6.54 Å². The number of ether oxygens (including phenoxy) is 3. The fraction of sp³-hybridized carbons (Fsp3) is 0.400. The summed E-state index contributed by atoms with van der Waals surface area (Å²) in [5, 5.41) is 10.8. The molecule has 0 heterocycles. The number of nitrogens with one attached hydrogen (secondary N) is 1. The van der Waals surface area contributed by atoms with E-state index >= 15 is 0 Å². The largest absolute Gasteiger partial charge is 0.544 e. The number of quaternary nitrogens is 1. The molecule has 1 atom stereocenters. The normalized spacial score (nSPS) is 11.6. The van der Waals surface area contributed by atoms with E-state index in [2.05, 4.69) is 6.58 Å².